The number of nitrogens with zero attached hydrogens (tertiary/aromatic N) is 1. The molecule has 0 bridgehead atoms. The Morgan fingerprint density at radius 1 is 1.71 bits per heavy atom. The summed E-state index contributed by atoms with van der Waals surface area (Å²) in [6.07, 6.45) is 1.62. The standard InChI is InChI=1S/C11H12N2O3S/c1-7(9-3-2-4-16-9)12-5-8-6-17-10(13-8)11(14)15/h2-4,6-7,12H,5H2,1H3,(H,14,15). The largest absolute Gasteiger partial charge is 0.476 e. The van der Waals surface area contributed by atoms with E-state index in [0.29, 0.717) is 6.54 Å². The molecule has 2 rings (SSSR count). The average molecular weight is 252 g/mol. The molecule has 2 aromatic heterocycles. The zero-order valence-corrected chi connectivity index (χ0v) is 10.0. The number of hydrogen-bond acceptors (Lipinski definition) is 5. The van der Waals surface area contributed by atoms with Gasteiger partial charge in [-0.25, -0.2) is 9.78 Å². The van der Waals surface area contributed by atoms with Gasteiger partial charge in [-0.2, -0.15) is 0 Å². The molecule has 0 aliphatic carbocycles. The Labute approximate surface area is 102 Å². The van der Waals surface area contributed by atoms with Crippen LogP contribution >= 0.6 is 11.3 Å². The summed E-state index contributed by atoms with van der Waals surface area (Å²) in [5, 5.41) is 13.8. The number of nitrogens with one attached hydrogen (secondary N) is 1. The quantitative estimate of drug-likeness (QED) is 0.853. The van der Waals surface area contributed by atoms with Gasteiger partial charge < -0.3 is 14.8 Å². The lowest BCUT2D eigenvalue weighted by molar-refractivity contribution is 0.0696. The van der Waals surface area contributed by atoms with E-state index in [1.165, 1.54) is 0 Å². The Kier molecular flexibility index (Phi) is 3.55. The summed E-state index contributed by atoms with van der Waals surface area (Å²) in [5.41, 5.74) is 0.728. The molecule has 0 radical (unpaired) electrons. The minimum absolute atomic E-state index is 0.0694. The van der Waals surface area contributed by atoms with Gasteiger partial charge >= 0.3 is 5.97 Å². The molecule has 0 aliphatic rings. The van der Waals surface area contributed by atoms with Gasteiger partial charge in [0.1, 0.15) is 5.76 Å². The summed E-state index contributed by atoms with van der Waals surface area (Å²) in [7, 11) is 0. The van der Waals surface area contributed by atoms with Crippen LogP contribution in [0.25, 0.3) is 0 Å². The Morgan fingerprint density at radius 3 is 3.12 bits per heavy atom. The minimum Gasteiger partial charge on any atom is -0.476 e. The van der Waals surface area contributed by atoms with Crippen LogP contribution in [0.3, 0.4) is 0 Å². The summed E-state index contributed by atoms with van der Waals surface area (Å²) in [6.45, 7) is 2.49. The fraction of sp³-hybridized carbons (Fsp3) is 0.273. The van der Waals surface area contributed by atoms with Crippen molar-refractivity contribution in [3.8, 4) is 0 Å². The van der Waals surface area contributed by atoms with E-state index in [-0.39, 0.29) is 11.0 Å². The second-order valence-electron chi connectivity index (χ2n) is 3.57. The van der Waals surface area contributed by atoms with E-state index in [4.69, 9.17) is 9.52 Å². The molecule has 0 aromatic carbocycles. The van der Waals surface area contributed by atoms with Crippen LogP contribution in [-0.2, 0) is 6.54 Å². The van der Waals surface area contributed by atoms with Gasteiger partial charge in [-0.3, -0.25) is 0 Å². The van der Waals surface area contributed by atoms with Gasteiger partial charge in [0.15, 0.2) is 0 Å². The fourth-order valence-electron chi connectivity index (χ4n) is 1.38. The molecule has 0 spiro atoms. The molecule has 17 heavy (non-hydrogen) atoms. The van der Waals surface area contributed by atoms with Crippen LogP contribution in [-0.4, -0.2) is 16.1 Å². The molecule has 90 valence electrons. The first kappa shape index (κ1) is 11.8. The first-order valence-corrected chi connectivity index (χ1v) is 5.99. The third-order valence-corrected chi connectivity index (χ3v) is 3.17. The van der Waals surface area contributed by atoms with Crippen LogP contribution in [0.2, 0.25) is 0 Å². The monoisotopic (exact) mass is 252 g/mol. The van der Waals surface area contributed by atoms with Crippen LogP contribution in [0, 0.1) is 0 Å². The molecule has 0 saturated heterocycles. The number of hydrogen-bond donors (Lipinski definition) is 2. The molecule has 1 atom stereocenters. The fourth-order valence-corrected chi connectivity index (χ4v) is 2.04. The van der Waals surface area contributed by atoms with Gasteiger partial charge in [0.2, 0.25) is 5.01 Å². The van der Waals surface area contributed by atoms with Gasteiger partial charge in [0.05, 0.1) is 18.0 Å². The molecule has 1 unspecified atom stereocenters. The highest BCUT2D eigenvalue weighted by molar-refractivity contribution is 7.11. The lowest BCUT2D eigenvalue weighted by Gasteiger charge is -2.09. The van der Waals surface area contributed by atoms with E-state index >= 15 is 0 Å². The maximum Gasteiger partial charge on any atom is 0.365 e. The van der Waals surface area contributed by atoms with Gasteiger partial charge in [0.25, 0.3) is 0 Å². The molecule has 2 N–H and O–H groups in total. The van der Waals surface area contributed by atoms with E-state index in [1.54, 1.807) is 11.6 Å². The minimum atomic E-state index is -0.986. The van der Waals surface area contributed by atoms with Crippen molar-refractivity contribution >= 4 is 17.3 Å². The first-order valence-electron chi connectivity index (χ1n) is 5.11. The first-order chi connectivity index (χ1) is 8.16. The highest BCUT2D eigenvalue weighted by Crippen LogP contribution is 2.14. The molecule has 2 heterocycles. The van der Waals surface area contributed by atoms with Crippen LogP contribution in [0.5, 0.6) is 0 Å². The highest BCUT2D eigenvalue weighted by atomic mass is 32.1. The zero-order valence-electron chi connectivity index (χ0n) is 9.21. The normalized spacial score (nSPS) is 12.5. The predicted octanol–water partition coefficient (Wildman–Crippen LogP) is 2.29. The number of rotatable bonds is 5. The molecule has 2 aromatic rings. The maximum atomic E-state index is 10.7. The van der Waals surface area contributed by atoms with E-state index in [9.17, 15) is 4.79 Å². The lowest BCUT2D eigenvalue weighted by Crippen LogP contribution is -2.17. The average Bonchev–Trinajstić information content (AvgIpc) is 2.97. The number of carbonyl (C=O) groups is 1. The molecule has 5 nitrogen and oxygen atoms in total. The van der Waals surface area contributed by atoms with Crippen LogP contribution < -0.4 is 5.32 Å². The Balaban J connectivity index is 1.91. The van der Waals surface area contributed by atoms with Crippen LogP contribution in [0.1, 0.15) is 34.2 Å². The number of carboxylic acid groups (broad SMARTS) is 1. The summed E-state index contributed by atoms with van der Waals surface area (Å²) in [4.78, 5) is 14.6. The van der Waals surface area contributed by atoms with Crippen molar-refractivity contribution < 1.29 is 14.3 Å². The summed E-state index contributed by atoms with van der Waals surface area (Å²) < 4.78 is 5.25. The second-order valence-corrected chi connectivity index (χ2v) is 4.43. The molecule has 6 heteroatoms. The van der Waals surface area contributed by atoms with Crippen molar-refractivity contribution in [1.29, 1.82) is 0 Å². The Bertz CT molecular complexity index is 493. The van der Waals surface area contributed by atoms with Crippen molar-refractivity contribution in [3.05, 3.63) is 40.2 Å². The van der Waals surface area contributed by atoms with Crippen molar-refractivity contribution in [2.24, 2.45) is 0 Å². The van der Waals surface area contributed by atoms with Crippen LogP contribution in [0.4, 0.5) is 0 Å². The van der Waals surface area contributed by atoms with Crippen molar-refractivity contribution in [2.45, 2.75) is 19.5 Å². The molecule has 0 amide bonds. The van der Waals surface area contributed by atoms with Gasteiger partial charge in [0, 0.05) is 11.9 Å². The highest BCUT2D eigenvalue weighted by Gasteiger charge is 2.11. The van der Waals surface area contributed by atoms with Crippen molar-refractivity contribution in [1.82, 2.24) is 10.3 Å². The predicted molar refractivity (Wildman–Crippen MR) is 63.0 cm³/mol. The maximum absolute atomic E-state index is 10.7. The lowest BCUT2D eigenvalue weighted by atomic mass is 10.2. The molecular formula is C11H12N2O3S. The zero-order chi connectivity index (χ0) is 12.3. The third-order valence-electron chi connectivity index (χ3n) is 2.29. The number of aromatic carboxylic acids is 1. The number of furan rings is 1. The topological polar surface area (TPSA) is 75.4 Å². The number of thiazole rings is 1. The smallest absolute Gasteiger partial charge is 0.365 e. The summed E-state index contributed by atoms with van der Waals surface area (Å²) in [5.74, 6) is -0.140. The van der Waals surface area contributed by atoms with E-state index in [1.807, 2.05) is 19.1 Å². The van der Waals surface area contributed by atoms with Crippen molar-refractivity contribution in [2.75, 3.05) is 0 Å². The molecule has 0 aliphatic heterocycles. The van der Waals surface area contributed by atoms with Gasteiger partial charge in [-0.1, -0.05) is 0 Å². The Hall–Kier alpha value is -1.66. The van der Waals surface area contributed by atoms with E-state index < -0.39 is 5.97 Å². The Morgan fingerprint density at radius 2 is 2.53 bits per heavy atom. The molecule has 0 fully saturated rings. The van der Waals surface area contributed by atoms with Crippen LogP contribution in [0.15, 0.2) is 28.2 Å². The van der Waals surface area contributed by atoms with E-state index in [2.05, 4.69) is 10.3 Å². The summed E-state index contributed by atoms with van der Waals surface area (Å²) >= 11 is 1.13. The number of carboxylic acids is 1. The third kappa shape index (κ3) is 2.92. The summed E-state index contributed by atoms with van der Waals surface area (Å²) in [6, 6.07) is 3.79. The van der Waals surface area contributed by atoms with Gasteiger partial charge in [-0.05, 0) is 19.1 Å². The van der Waals surface area contributed by atoms with Crippen molar-refractivity contribution in [3.63, 3.8) is 0 Å². The SMILES string of the molecule is CC(NCc1csc(C(=O)O)n1)c1ccco1. The van der Waals surface area contributed by atoms with E-state index in [0.717, 1.165) is 22.8 Å². The number of aromatic nitrogens is 1. The second kappa shape index (κ2) is 5.11. The molecular weight excluding hydrogens is 240 g/mol. The molecule has 0 saturated carbocycles. The van der Waals surface area contributed by atoms with Gasteiger partial charge in [-0.15, -0.1) is 11.3 Å².